The van der Waals surface area contributed by atoms with Gasteiger partial charge in [0.2, 0.25) is 0 Å². The number of aromatic nitrogens is 2. The number of thiazole rings is 1. The van der Waals surface area contributed by atoms with Crippen molar-refractivity contribution in [3.8, 4) is 11.4 Å². The Morgan fingerprint density at radius 3 is 2.53 bits per heavy atom. The van der Waals surface area contributed by atoms with E-state index in [-0.39, 0.29) is 17.2 Å². The number of allylic oxidation sites excluding steroid dienone is 1. The summed E-state index contributed by atoms with van der Waals surface area (Å²) in [6.07, 6.45) is 3.51. The number of carbonyl (C=O) groups is 1. The van der Waals surface area contributed by atoms with E-state index in [1.807, 2.05) is 36.4 Å². The predicted octanol–water partition coefficient (Wildman–Crippen LogP) is 4.58. The fourth-order valence-corrected chi connectivity index (χ4v) is 6.10. The lowest BCUT2D eigenvalue weighted by Gasteiger charge is -2.25. The molecule has 3 heterocycles. The molecule has 11 heteroatoms. The first-order valence-electron chi connectivity index (χ1n) is 13.3. The third kappa shape index (κ3) is 5.29. The van der Waals surface area contributed by atoms with Crippen LogP contribution in [0.5, 0.6) is 5.75 Å². The zero-order valence-corrected chi connectivity index (χ0v) is 23.9. The van der Waals surface area contributed by atoms with Crippen molar-refractivity contribution in [2.24, 2.45) is 4.99 Å². The van der Waals surface area contributed by atoms with Crippen molar-refractivity contribution < 1.29 is 14.5 Å². The normalized spacial score (nSPS) is 14.7. The highest BCUT2D eigenvalue weighted by molar-refractivity contribution is 7.07. The summed E-state index contributed by atoms with van der Waals surface area (Å²) in [6.45, 7) is 1.76. The first-order chi connectivity index (χ1) is 20.8. The van der Waals surface area contributed by atoms with Crippen LogP contribution in [-0.4, -0.2) is 27.1 Å². The number of nitro groups is 1. The van der Waals surface area contributed by atoms with E-state index in [9.17, 15) is 19.7 Å². The van der Waals surface area contributed by atoms with E-state index in [1.165, 1.54) is 23.5 Å². The second-order valence-corrected chi connectivity index (χ2v) is 10.8. The molecule has 2 aromatic heterocycles. The van der Waals surface area contributed by atoms with Crippen LogP contribution in [0.25, 0.3) is 11.8 Å². The van der Waals surface area contributed by atoms with Crippen LogP contribution in [0.15, 0.2) is 118 Å². The van der Waals surface area contributed by atoms with Crippen molar-refractivity contribution in [2.75, 3.05) is 12.4 Å². The number of hydrogen-bond acceptors (Lipinski definition) is 7. The van der Waals surface area contributed by atoms with Crippen molar-refractivity contribution in [1.82, 2.24) is 9.13 Å². The number of non-ortho nitro benzene ring substituents is 1. The van der Waals surface area contributed by atoms with Crippen LogP contribution < -0.4 is 24.9 Å². The molecule has 0 saturated carbocycles. The number of nitrogens with one attached hydrogen (secondary N) is 1. The molecule has 1 atom stereocenters. The Kier molecular flexibility index (Phi) is 7.31. The molecule has 1 aliphatic rings. The first-order valence-corrected chi connectivity index (χ1v) is 14.1. The van der Waals surface area contributed by atoms with E-state index in [0.29, 0.717) is 43.4 Å². The fraction of sp³-hybridized carbons (Fsp3) is 0.0938. The van der Waals surface area contributed by atoms with Gasteiger partial charge in [-0.2, -0.15) is 0 Å². The first kappa shape index (κ1) is 27.6. The number of nitrogens with zero attached hydrogens (tertiary/aromatic N) is 4. The lowest BCUT2D eigenvalue weighted by Crippen LogP contribution is -2.40. The summed E-state index contributed by atoms with van der Waals surface area (Å²) in [5, 5.41) is 14.3. The number of benzene rings is 3. The number of anilines is 1. The second kappa shape index (κ2) is 11.4. The number of para-hydroxylation sites is 1. The lowest BCUT2D eigenvalue weighted by molar-refractivity contribution is -0.384. The van der Waals surface area contributed by atoms with E-state index >= 15 is 0 Å². The number of rotatable bonds is 7. The molecule has 10 nitrogen and oxygen atoms in total. The third-order valence-corrected chi connectivity index (χ3v) is 8.09. The van der Waals surface area contributed by atoms with Crippen molar-refractivity contribution in [2.45, 2.75) is 13.0 Å². The molecule has 0 saturated heterocycles. The molecule has 0 unspecified atom stereocenters. The monoisotopic (exact) mass is 591 g/mol. The largest absolute Gasteiger partial charge is 0.497 e. The number of hydrogen-bond donors (Lipinski definition) is 1. The number of nitro benzene ring substituents is 1. The van der Waals surface area contributed by atoms with Crippen LogP contribution >= 0.6 is 11.3 Å². The molecular formula is C32H25N5O5S. The van der Waals surface area contributed by atoms with Crippen molar-refractivity contribution in [3.05, 3.63) is 150 Å². The van der Waals surface area contributed by atoms with E-state index < -0.39 is 11.0 Å². The second-order valence-electron chi connectivity index (χ2n) is 9.76. The zero-order chi connectivity index (χ0) is 30.1. The minimum Gasteiger partial charge on any atom is -0.497 e. The van der Waals surface area contributed by atoms with Gasteiger partial charge in [-0.3, -0.25) is 24.3 Å². The summed E-state index contributed by atoms with van der Waals surface area (Å²) in [4.78, 5) is 43.8. The Labute approximate surface area is 249 Å². The van der Waals surface area contributed by atoms with Gasteiger partial charge in [0.25, 0.3) is 17.2 Å². The number of carbonyl (C=O) groups excluding carboxylic acids is 1. The summed E-state index contributed by atoms with van der Waals surface area (Å²) >= 11 is 1.22. The molecule has 0 aliphatic carbocycles. The van der Waals surface area contributed by atoms with Crippen LogP contribution in [-0.2, 0) is 4.79 Å². The van der Waals surface area contributed by atoms with Crippen LogP contribution in [0.2, 0.25) is 0 Å². The Hall–Kier alpha value is -5.55. The van der Waals surface area contributed by atoms with E-state index in [0.717, 1.165) is 5.56 Å². The van der Waals surface area contributed by atoms with Gasteiger partial charge >= 0.3 is 0 Å². The molecule has 1 amide bonds. The van der Waals surface area contributed by atoms with E-state index in [2.05, 4.69) is 5.32 Å². The molecule has 0 radical (unpaired) electrons. The molecule has 214 valence electrons. The molecule has 6 rings (SSSR count). The minimum atomic E-state index is -0.739. The standard InChI is InChI=1S/C32H25N5O5S/c1-20-28(30(38)34-22-8-4-3-5-9-22)29(21-13-15-26(42-2)16-14-21)36-31(39)27(43-32(36)33-20)19-24-12-7-17-35(24)23-10-6-11-25(18-23)37(40)41/h3-19,29H,1-2H3,(H,34,38)/b27-19+/t29-/m0/s1. The maximum atomic E-state index is 14.1. The summed E-state index contributed by atoms with van der Waals surface area (Å²) in [7, 11) is 1.57. The quantitative estimate of drug-likeness (QED) is 0.219. The Bertz CT molecular complexity index is 2070. The maximum Gasteiger partial charge on any atom is 0.271 e. The average molecular weight is 592 g/mol. The molecule has 0 fully saturated rings. The lowest BCUT2D eigenvalue weighted by atomic mass is 9.95. The molecule has 0 spiro atoms. The number of amides is 1. The van der Waals surface area contributed by atoms with E-state index in [1.54, 1.807) is 77.9 Å². The van der Waals surface area contributed by atoms with Gasteiger partial charge in [0.15, 0.2) is 4.80 Å². The van der Waals surface area contributed by atoms with Gasteiger partial charge in [0.05, 0.1) is 39.6 Å². The summed E-state index contributed by atoms with van der Waals surface area (Å²) in [5.74, 6) is 0.288. The van der Waals surface area contributed by atoms with Crippen LogP contribution in [0.1, 0.15) is 24.2 Å². The van der Waals surface area contributed by atoms with Crippen LogP contribution in [0.4, 0.5) is 11.4 Å². The van der Waals surface area contributed by atoms with Gasteiger partial charge in [-0.1, -0.05) is 47.7 Å². The van der Waals surface area contributed by atoms with Crippen molar-refractivity contribution in [1.29, 1.82) is 0 Å². The molecule has 1 N–H and O–H groups in total. The van der Waals surface area contributed by atoms with E-state index in [4.69, 9.17) is 9.73 Å². The van der Waals surface area contributed by atoms with Gasteiger partial charge in [-0.15, -0.1) is 0 Å². The Morgan fingerprint density at radius 1 is 1.05 bits per heavy atom. The highest BCUT2D eigenvalue weighted by Gasteiger charge is 2.32. The Balaban J connectivity index is 1.48. The van der Waals surface area contributed by atoms with Gasteiger partial charge < -0.3 is 14.6 Å². The SMILES string of the molecule is COc1ccc([C@H]2C(C(=O)Nc3ccccc3)=C(C)N=c3s/c(=C/c4cccn4-c4cccc([N+](=O)[O-])c4)c(=O)n32)cc1. The van der Waals surface area contributed by atoms with Gasteiger partial charge in [0.1, 0.15) is 5.75 Å². The van der Waals surface area contributed by atoms with Crippen molar-refractivity contribution in [3.63, 3.8) is 0 Å². The van der Waals surface area contributed by atoms with Gasteiger partial charge in [-0.05, 0) is 61.0 Å². The summed E-state index contributed by atoms with van der Waals surface area (Å²) < 4.78 is 9.06. The molecule has 3 aromatic carbocycles. The maximum absolute atomic E-state index is 14.1. The number of methoxy groups -OCH3 is 1. The summed E-state index contributed by atoms with van der Waals surface area (Å²) in [6, 6.07) is 25.5. The molecule has 5 aromatic rings. The third-order valence-electron chi connectivity index (χ3n) is 7.11. The minimum absolute atomic E-state index is 0.0344. The Morgan fingerprint density at radius 2 is 1.81 bits per heavy atom. The predicted molar refractivity (Wildman–Crippen MR) is 164 cm³/mol. The van der Waals surface area contributed by atoms with Gasteiger partial charge in [0, 0.05) is 29.7 Å². The topological polar surface area (TPSA) is 121 Å². The highest BCUT2D eigenvalue weighted by atomic mass is 32.1. The number of ether oxygens (including phenoxy) is 1. The summed E-state index contributed by atoms with van der Waals surface area (Å²) in [5.41, 5.74) is 3.10. The average Bonchev–Trinajstić information content (AvgIpc) is 3.60. The van der Waals surface area contributed by atoms with Crippen LogP contribution in [0.3, 0.4) is 0 Å². The molecule has 0 bridgehead atoms. The molecule has 1 aliphatic heterocycles. The van der Waals surface area contributed by atoms with Crippen molar-refractivity contribution >= 4 is 34.7 Å². The smallest absolute Gasteiger partial charge is 0.271 e. The van der Waals surface area contributed by atoms with Crippen LogP contribution in [0, 0.1) is 10.1 Å². The van der Waals surface area contributed by atoms with Gasteiger partial charge in [-0.25, -0.2) is 4.99 Å². The number of fused-ring (bicyclic) bond motifs is 1. The molecular weight excluding hydrogens is 566 g/mol. The highest BCUT2D eigenvalue weighted by Crippen LogP contribution is 2.32. The molecule has 43 heavy (non-hydrogen) atoms. The zero-order valence-electron chi connectivity index (χ0n) is 23.1. The fourth-order valence-electron chi connectivity index (χ4n) is 5.07.